The molecule has 0 aliphatic rings. The topological polar surface area (TPSA) is 129 Å². The third-order valence-corrected chi connectivity index (χ3v) is 2.51. The third-order valence-electron chi connectivity index (χ3n) is 2.51. The number of carbonyl (C=O) groups is 3. The van der Waals surface area contributed by atoms with Gasteiger partial charge in [0.1, 0.15) is 0 Å². The van der Waals surface area contributed by atoms with Gasteiger partial charge in [-0.2, -0.15) is 0 Å². The molecule has 0 saturated carbocycles. The Morgan fingerprint density at radius 3 is 1.05 bits per heavy atom. The van der Waals surface area contributed by atoms with Gasteiger partial charge in [0.15, 0.2) is 0 Å². The molecule has 0 aliphatic heterocycles. The van der Waals surface area contributed by atoms with E-state index in [2.05, 4.69) is 0 Å². The van der Waals surface area contributed by atoms with Gasteiger partial charge in [-0.3, -0.25) is 14.4 Å². The number of benzene rings is 2. The molecule has 0 bridgehead atoms. The minimum atomic E-state index is -0.522. The van der Waals surface area contributed by atoms with E-state index in [-0.39, 0.29) is 5.91 Å². The van der Waals surface area contributed by atoms with Gasteiger partial charge >= 0.3 is 0 Å². The molecule has 21 heavy (non-hydrogen) atoms. The molecule has 6 heteroatoms. The lowest BCUT2D eigenvalue weighted by molar-refractivity contribution is 0.0988. The standard InChI is InChI=1S/C8H8N2O2.C7H7NO/c9-7(11)5-1-2-6(4-3-5)8(10)12;8-7(9)6-4-2-1-3-5-6/h1-4H,(H2,9,11)(H2,10,12);1-5H,(H2,8,9). The summed E-state index contributed by atoms with van der Waals surface area (Å²) in [4.78, 5) is 31.6. The fourth-order valence-electron chi connectivity index (χ4n) is 1.40. The van der Waals surface area contributed by atoms with Crippen molar-refractivity contribution in [3.63, 3.8) is 0 Å². The fourth-order valence-corrected chi connectivity index (χ4v) is 1.40. The van der Waals surface area contributed by atoms with Gasteiger partial charge in [0, 0.05) is 16.7 Å². The highest BCUT2D eigenvalue weighted by molar-refractivity contribution is 5.96. The predicted molar refractivity (Wildman–Crippen MR) is 78.4 cm³/mol. The van der Waals surface area contributed by atoms with E-state index in [0.29, 0.717) is 16.7 Å². The summed E-state index contributed by atoms with van der Waals surface area (Å²) in [5, 5.41) is 0. The minimum Gasteiger partial charge on any atom is -0.366 e. The van der Waals surface area contributed by atoms with Crippen LogP contribution in [0.15, 0.2) is 54.6 Å². The van der Waals surface area contributed by atoms with E-state index in [4.69, 9.17) is 17.2 Å². The summed E-state index contributed by atoms with van der Waals surface area (Å²) in [5.74, 6) is -1.42. The first kappa shape index (κ1) is 15.9. The number of carbonyl (C=O) groups excluding carboxylic acids is 3. The second-order valence-electron chi connectivity index (χ2n) is 4.04. The highest BCUT2D eigenvalue weighted by Gasteiger charge is 2.02. The van der Waals surface area contributed by atoms with Crippen LogP contribution in [-0.2, 0) is 0 Å². The normalized spacial score (nSPS) is 9.14. The average molecular weight is 285 g/mol. The molecular formula is C15H15N3O3. The van der Waals surface area contributed by atoms with Crippen LogP contribution >= 0.6 is 0 Å². The van der Waals surface area contributed by atoms with Gasteiger partial charge in [-0.1, -0.05) is 18.2 Å². The average Bonchev–Trinajstić information content (AvgIpc) is 2.49. The molecule has 3 amide bonds. The van der Waals surface area contributed by atoms with Crippen LogP contribution in [0.25, 0.3) is 0 Å². The van der Waals surface area contributed by atoms with Gasteiger partial charge in [-0.15, -0.1) is 0 Å². The van der Waals surface area contributed by atoms with Gasteiger partial charge in [0.05, 0.1) is 0 Å². The van der Waals surface area contributed by atoms with Crippen molar-refractivity contribution in [2.24, 2.45) is 17.2 Å². The van der Waals surface area contributed by atoms with Gasteiger partial charge in [-0.25, -0.2) is 0 Å². The Hall–Kier alpha value is -3.15. The van der Waals surface area contributed by atoms with Crippen LogP contribution in [0.1, 0.15) is 31.1 Å². The smallest absolute Gasteiger partial charge is 0.248 e. The van der Waals surface area contributed by atoms with E-state index in [1.54, 1.807) is 24.3 Å². The summed E-state index contributed by atoms with van der Waals surface area (Å²) in [6.45, 7) is 0. The lowest BCUT2D eigenvalue weighted by Crippen LogP contribution is -2.13. The maximum atomic E-state index is 10.6. The van der Waals surface area contributed by atoms with E-state index in [0.717, 1.165) is 0 Å². The zero-order chi connectivity index (χ0) is 15.8. The number of rotatable bonds is 3. The predicted octanol–water partition coefficient (Wildman–Crippen LogP) is 0.670. The third kappa shape index (κ3) is 5.15. The highest BCUT2D eigenvalue weighted by atomic mass is 16.2. The Morgan fingerprint density at radius 1 is 0.524 bits per heavy atom. The fraction of sp³-hybridized carbons (Fsp3) is 0. The molecule has 2 aromatic rings. The Bertz CT molecular complexity index is 604. The molecule has 6 N–H and O–H groups in total. The van der Waals surface area contributed by atoms with Crippen LogP contribution < -0.4 is 17.2 Å². The summed E-state index contributed by atoms with van der Waals surface area (Å²) in [5.41, 5.74) is 16.2. The lowest BCUT2D eigenvalue weighted by Gasteiger charge is -1.96. The van der Waals surface area contributed by atoms with E-state index < -0.39 is 11.8 Å². The van der Waals surface area contributed by atoms with Crippen molar-refractivity contribution in [1.82, 2.24) is 0 Å². The SMILES string of the molecule is NC(=O)c1ccc(C(N)=O)cc1.NC(=O)c1ccccc1. The number of nitrogens with two attached hydrogens (primary N) is 3. The zero-order valence-corrected chi connectivity index (χ0v) is 11.2. The molecule has 0 spiro atoms. The van der Waals surface area contributed by atoms with Crippen molar-refractivity contribution < 1.29 is 14.4 Å². The summed E-state index contributed by atoms with van der Waals surface area (Å²) in [6, 6.07) is 14.6. The number of hydrogen-bond acceptors (Lipinski definition) is 3. The summed E-state index contributed by atoms with van der Waals surface area (Å²) < 4.78 is 0. The first-order valence-corrected chi connectivity index (χ1v) is 5.96. The molecule has 108 valence electrons. The quantitative estimate of drug-likeness (QED) is 0.766. The Labute approximate surface area is 121 Å². The highest BCUT2D eigenvalue weighted by Crippen LogP contribution is 2.02. The number of primary amides is 3. The Kier molecular flexibility index (Phi) is 5.64. The van der Waals surface area contributed by atoms with Crippen LogP contribution in [0.2, 0.25) is 0 Å². The van der Waals surface area contributed by atoms with E-state index in [1.807, 2.05) is 6.07 Å². The van der Waals surface area contributed by atoms with Gasteiger partial charge in [-0.05, 0) is 36.4 Å². The van der Waals surface area contributed by atoms with Crippen molar-refractivity contribution in [1.29, 1.82) is 0 Å². The Morgan fingerprint density at radius 2 is 0.810 bits per heavy atom. The Balaban J connectivity index is 0.000000219. The summed E-state index contributed by atoms with van der Waals surface area (Å²) in [7, 11) is 0. The first-order chi connectivity index (χ1) is 9.91. The molecule has 0 atom stereocenters. The van der Waals surface area contributed by atoms with Crippen LogP contribution in [-0.4, -0.2) is 17.7 Å². The summed E-state index contributed by atoms with van der Waals surface area (Å²) >= 11 is 0. The molecule has 0 aliphatic carbocycles. The van der Waals surface area contributed by atoms with Crippen LogP contribution in [0.3, 0.4) is 0 Å². The molecule has 2 rings (SSSR count). The van der Waals surface area contributed by atoms with Gasteiger partial charge in [0.25, 0.3) is 0 Å². The van der Waals surface area contributed by atoms with Crippen molar-refractivity contribution in [2.75, 3.05) is 0 Å². The molecule has 0 fully saturated rings. The van der Waals surface area contributed by atoms with Gasteiger partial charge in [0.2, 0.25) is 17.7 Å². The minimum absolute atomic E-state index is 0.361. The summed E-state index contributed by atoms with van der Waals surface area (Å²) in [6.07, 6.45) is 0. The largest absolute Gasteiger partial charge is 0.366 e. The second kappa shape index (κ2) is 7.44. The second-order valence-corrected chi connectivity index (χ2v) is 4.04. The van der Waals surface area contributed by atoms with Crippen LogP contribution in [0.5, 0.6) is 0 Å². The lowest BCUT2D eigenvalue weighted by atomic mass is 10.1. The van der Waals surface area contributed by atoms with E-state index >= 15 is 0 Å². The molecule has 0 saturated heterocycles. The molecule has 6 nitrogen and oxygen atoms in total. The molecule has 0 radical (unpaired) electrons. The van der Waals surface area contributed by atoms with Crippen molar-refractivity contribution in [3.8, 4) is 0 Å². The zero-order valence-electron chi connectivity index (χ0n) is 11.2. The van der Waals surface area contributed by atoms with Crippen molar-refractivity contribution in [2.45, 2.75) is 0 Å². The molecular weight excluding hydrogens is 270 g/mol. The van der Waals surface area contributed by atoms with Crippen LogP contribution in [0, 0.1) is 0 Å². The molecule has 0 heterocycles. The van der Waals surface area contributed by atoms with Crippen molar-refractivity contribution >= 4 is 17.7 Å². The molecule has 2 aromatic carbocycles. The number of hydrogen-bond donors (Lipinski definition) is 3. The van der Waals surface area contributed by atoms with E-state index in [9.17, 15) is 14.4 Å². The monoisotopic (exact) mass is 285 g/mol. The first-order valence-electron chi connectivity index (χ1n) is 5.96. The molecule has 0 unspecified atom stereocenters. The number of amides is 3. The maximum Gasteiger partial charge on any atom is 0.248 e. The van der Waals surface area contributed by atoms with Gasteiger partial charge < -0.3 is 17.2 Å². The van der Waals surface area contributed by atoms with Crippen molar-refractivity contribution in [3.05, 3.63) is 71.3 Å². The van der Waals surface area contributed by atoms with Crippen LogP contribution in [0.4, 0.5) is 0 Å². The van der Waals surface area contributed by atoms with E-state index in [1.165, 1.54) is 24.3 Å². The molecule has 0 aromatic heterocycles. The maximum absolute atomic E-state index is 10.6.